The Bertz CT molecular complexity index is 1500. The molecular weight excluding hydrogens is 533 g/mol. The molecular formula is C27H26ClF3N6O2. The van der Waals surface area contributed by atoms with E-state index in [1.165, 1.54) is 16.6 Å². The summed E-state index contributed by atoms with van der Waals surface area (Å²) in [5, 5.41) is 7.03. The van der Waals surface area contributed by atoms with E-state index < -0.39 is 11.7 Å². The van der Waals surface area contributed by atoms with Gasteiger partial charge in [0, 0.05) is 43.3 Å². The number of hydrogen-bond donors (Lipinski definition) is 1. The number of fused-ring (bicyclic) bond motifs is 2. The molecule has 8 nitrogen and oxygen atoms in total. The van der Waals surface area contributed by atoms with Crippen LogP contribution in [0.25, 0.3) is 5.52 Å². The Morgan fingerprint density at radius 1 is 1.15 bits per heavy atom. The van der Waals surface area contributed by atoms with Crippen LogP contribution in [-0.2, 0) is 19.3 Å². The standard InChI is InChI=1S/C27H26ClF3N6O2/c1-17(28)11-19(18-4-6-20(7-5-18)27(29,30)31)13-33-25(38)22-3-2-8-37-24(22)12-23(34-37)26(39)35-9-10-36-16-32-14-21(36)15-35/h2-8,12,14,16-17,19H,9-11,13,15H2,1H3,(H,33,38). The van der Waals surface area contributed by atoms with Crippen molar-refractivity contribution in [2.45, 2.75) is 43.9 Å². The third-order valence-electron chi connectivity index (χ3n) is 6.84. The zero-order valence-corrected chi connectivity index (χ0v) is 21.8. The van der Waals surface area contributed by atoms with Crippen LogP contribution in [0.15, 0.2) is 61.2 Å². The molecule has 204 valence electrons. The quantitative estimate of drug-likeness (QED) is 0.332. The molecule has 0 saturated heterocycles. The molecule has 2 amide bonds. The zero-order valence-electron chi connectivity index (χ0n) is 21.0. The van der Waals surface area contributed by atoms with Crippen LogP contribution in [0.1, 0.15) is 56.9 Å². The molecule has 0 radical (unpaired) electrons. The van der Waals surface area contributed by atoms with Gasteiger partial charge < -0.3 is 14.8 Å². The second kappa shape index (κ2) is 10.7. The summed E-state index contributed by atoms with van der Waals surface area (Å²) >= 11 is 6.21. The first-order chi connectivity index (χ1) is 18.6. The fourth-order valence-corrected chi connectivity index (χ4v) is 5.03. The maximum atomic E-state index is 13.2. The Morgan fingerprint density at radius 3 is 2.64 bits per heavy atom. The SMILES string of the molecule is CC(Cl)CC(CNC(=O)c1cccn2nc(C(=O)N3CCn4cncc4C3)cc12)c1ccc(C(F)(F)F)cc1. The number of carbonyl (C=O) groups is 2. The third-order valence-corrected chi connectivity index (χ3v) is 7.02. The minimum Gasteiger partial charge on any atom is -0.351 e. The van der Waals surface area contributed by atoms with Crippen LogP contribution in [0, 0.1) is 0 Å². The smallest absolute Gasteiger partial charge is 0.351 e. The Kier molecular flexibility index (Phi) is 7.35. The van der Waals surface area contributed by atoms with Crippen LogP contribution in [0.3, 0.4) is 0 Å². The molecule has 0 aliphatic carbocycles. The molecule has 3 aromatic heterocycles. The van der Waals surface area contributed by atoms with Crippen LogP contribution in [0.5, 0.6) is 0 Å². The highest BCUT2D eigenvalue weighted by Crippen LogP contribution is 2.31. The summed E-state index contributed by atoms with van der Waals surface area (Å²) in [6.07, 6.45) is 1.16. The molecule has 2 unspecified atom stereocenters. The number of imidazole rings is 1. The summed E-state index contributed by atoms with van der Waals surface area (Å²) in [6, 6.07) is 9.80. The van der Waals surface area contributed by atoms with Gasteiger partial charge in [-0.2, -0.15) is 18.3 Å². The third kappa shape index (κ3) is 5.78. The van der Waals surface area contributed by atoms with Crippen molar-refractivity contribution >= 4 is 28.9 Å². The van der Waals surface area contributed by atoms with E-state index >= 15 is 0 Å². The zero-order chi connectivity index (χ0) is 27.7. The molecule has 1 aromatic carbocycles. The van der Waals surface area contributed by atoms with E-state index in [1.54, 1.807) is 48.7 Å². The molecule has 1 N–H and O–H groups in total. The van der Waals surface area contributed by atoms with Crippen molar-refractivity contribution in [1.82, 2.24) is 29.4 Å². The number of amides is 2. The molecule has 4 aromatic rings. The van der Waals surface area contributed by atoms with Crippen LogP contribution in [0.2, 0.25) is 0 Å². The Morgan fingerprint density at radius 2 is 1.92 bits per heavy atom. The number of carbonyl (C=O) groups excluding carboxylic acids is 2. The van der Waals surface area contributed by atoms with E-state index in [-0.39, 0.29) is 35.3 Å². The normalized spacial score (nSPS) is 15.2. The van der Waals surface area contributed by atoms with Crippen molar-refractivity contribution in [2.24, 2.45) is 0 Å². The van der Waals surface area contributed by atoms with Gasteiger partial charge in [0.15, 0.2) is 5.69 Å². The maximum absolute atomic E-state index is 13.2. The van der Waals surface area contributed by atoms with E-state index in [1.807, 2.05) is 4.57 Å². The lowest BCUT2D eigenvalue weighted by Gasteiger charge is -2.27. The van der Waals surface area contributed by atoms with Gasteiger partial charge in [0.25, 0.3) is 11.8 Å². The first-order valence-corrected chi connectivity index (χ1v) is 12.9. The van der Waals surface area contributed by atoms with Gasteiger partial charge in [0.2, 0.25) is 0 Å². The minimum absolute atomic E-state index is 0.170. The Hall–Kier alpha value is -3.86. The van der Waals surface area contributed by atoms with E-state index in [0.717, 1.165) is 17.8 Å². The van der Waals surface area contributed by atoms with Crippen molar-refractivity contribution < 1.29 is 22.8 Å². The summed E-state index contributed by atoms with van der Waals surface area (Å²) in [7, 11) is 0. The maximum Gasteiger partial charge on any atom is 0.416 e. The first-order valence-electron chi connectivity index (χ1n) is 12.5. The van der Waals surface area contributed by atoms with Crippen LogP contribution >= 0.6 is 11.6 Å². The summed E-state index contributed by atoms with van der Waals surface area (Å²) in [5.41, 5.74) is 1.87. The fourth-order valence-electron chi connectivity index (χ4n) is 4.82. The number of rotatable bonds is 7. The molecule has 2 atom stereocenters. The highest BCUT2D eigenvalue weighted by molar-refractivity contribution is 6.20. The second-order valence-electron chi connectivity index (χ2n) is 9.63. The summed E-state index contributed by atoms with van der Waals surface area (Å²) < 4.78 is 42.5. The summed E-state index contributed by atoms with van der Waals surface area (Å²) in [6.45, 7) is 3.55. The summed E-state index contributed by atoms with van der Waals surface area (Å²) in [4.78, 5) is 32.2. The van der Waals surface area contributed by atoms with Gasteiger partial charge in [0.05, 0.1) is 35.2 Å². The highest BCUT2D eigenvalue weighted by atomic mass is 35.5. The lowest BCUT2D eigenvalue weighted by molar-refractivity contribution is -0.137. The topological polar surface area (TPSA) is 84.5 Å². The number of halogens is 4. The highest BCUT2D eigenvalue weighted by Gasteiger charge is 2.30. The number of benzene rings is 1. The summed E-state index contributed by atoms with van der Waals surface area (Å²) in [5.74, 6) is -0.922. The van der Waals surface area contributed by atoms with Gasteiger partial charge in [-0.15, -0.1) is 11.6 Å². The molecule has 0 bridgehead atoms. The average molecular weight is 559 g/mol. The number of nitrogens with zero attached hydrogens (tertiary/aromatic N) is 5. The van der Waals surface area contributed by atoms with Gasteiger partial charge in [-0.1, -0.05) is 12.1 Å². The van der Waals surface area contributed by atoms with Crippen molar-refractivity contribution in [1.29, 1.82) is 0 Å². The predicted molar refractivity (Wildman–Crippen MR) is 139 cm³/mol. The van der Waals surface area contributed by atoms with Crippen LogP contribution in [0.4, 0.5) is 13.2 Å². The van der Waals surface area contributed by atoms with Gasteiger partial charge in [-0.3, -0.25) is 9.59 Å². The number of nitrogens with one attached hydrogen (secondary N) is 1. The van der Waals surface area contributed by atoms with Crippen molar-refractivity contribution in [2.75, 3.05) is 13.1 Å². The molecule has 4 heterocycles. The van der Waals surface area contributed by atoms with Gasteiger partial charge >= 0.3 is 6.18 Å². The first kappa shape index (κ1) is 26.7. The molecule has 5 rings (SSSR count). The molecule has 39 heavy (non-hydrogen) atoms. The van der Waals surface area contributed by atoms with E-state index in [2.05, 4.69) is 15.4 Å². The Balaban J connectivity index is 1.32. The Labute approximate surface area is 227 Å². The number of aromatic nitrogens is 4. The van der Waals surface area contributed by atoms with Crippen LogP contribution in [-0.4, -0.2) is 54.3 Å². The van der Waals surface area contributed by atoms with Gasteiger partial charge in [-0.25, -0.2) is 9.50 Å². The van der Waals surface area contributed by atoms with Crippen molar-refractivity contribution in [3.63, 3.8) is 0 Å². The number of alkyl halides is 4. The molecule has 0 spiro atoms. The molecule has 12 heteroatoms. The molecule has 0 fully saturated rings. The van der Waals surface area contributed by atoms with Gasteiger partial charge in [-0.05, 0) is 49.2 Å². The largest absolute Gasteiger partial charge is 0.416 e. The second-order valence-corrected chi connectivity index (χ2v) is 10.4. The molecule has 0 saturated carbocycles. The predicted octanol–water partition coefficient (Wildman–Crippen LogP) is 4.74. The average Bonchev–Trinajstić information content (AvgIpc) is 3.56. The lowest BCUT2D eigenvalue weighted by Crippen LogP contribution is -2.38. The minimum atomic E-state index is -4.43. The number of pyridine rings is 1. The molecule has 1 aliphatic rings. The van der Waals surface area contributed by atoms with Gasteiger partial charge in [0.1, 0.15) is 0 Å². The monoisotopic (exact) mass is 558 g/mol. The molecule has 1 aliphatic heterocycles. The number of hydrogen-bond acceptors (Lipinski definition) is 4. The van der Waals surface area contributed by atoms with Crippen LogP contribution < -0.4 is 5.32 Å². The van der Waals surface area contributed by atoms with Crippen molar-refractivity contribution in [3.8, 4) is 0 Å². The lowest BCUT2D eigenvalue weighted by atomic mass is 9.93. The fraction of sp³-hybridized carbons (Fsp3) is 0.333. The van der Waals surface area contributed by atoms with E-state index in [9.17, 15) is 22.8 Å². The van der Waals surface area contributed by atoms with Crippen molar-refractivity contribution in [3.05, 3.63) is 89.3 Å². The van der Waals surface area contributed by atoms with E-state index in [0.29, 0.717) is 42.7 Å². The van der Waals surface area contributed by atoms with E-state index in [4.69, 9.17) is 11.6 Å².